The van der Waals surface area contributed by atoms with Gasteiger partial charge in [-0.15, -0.1) is 0 Å². The number of hydrogen-bond donors (Lipinski definition) is 2. The summed E-state index contributed by atoms with van der Waals surface area (Å²) in [5, 5.41) is 12.0. The lowest BCUT2D eigenvalue weighted by molar-refractivity contribution is 0.424. The summed E-state index contributed by atoms with van der Waals surface area (Å²) in [6.45, 7) is 4.95. The highest BCUT2D eigenvalue weighted by Gasteiger charge is 2.20. The maximum atomic E-state index is 7.56. The van der Waals surface area contributed by atoms with Crippen LogP contribution in [0.3, 0.4) is 0 Å². The summed E-state index contributed by atoms with van der Waals surface area (Å²) in [5.74, 6) is 0.271. The van der Waals surface area contributed by atoms with Gasteiger partial charge >= 0.3 is 0 Å². The van der Waals surface area contributed by atoms with Crippen molar-refractivity contribution in [3.05, 3.63) is 42.7 Å². The molecular formula is C17H24N4. The fourth-order valence-corrected chi connectivity index (χ4v) is 2.24. The van der Waals surface area contributed by atoms with Crippen molar-refractivity contribution in [3.63, 3.8) is 0 Å². The van der Waals surface area contributed by atoms with Gasteiger partial charge in [0.1, 0.15) is 0 Å². The third-order valence-electron chi connectivity index (χ3n) is 3.91. The molecule has 0 saturated carbocycles. The molecule has 0 aliphatic rings. The van der Waals surface area contributed by atoms with Gasteiger partial charge in [-0.1, -0.05) is 50.6 Å². The minimum absolute atomic E-state index is 0.195. The van der Waals surface area contributed by atoms with Gasteiger partial charge in [-0.25, -0.2) is 0 Å². The van der Waals surface area contributed by atoms with Crippen LogP contribution in [-0.2, 0) is 6.54 Å². The van der Waals surface area contributed by atoms with Gasteiger partial charge in [0.15, 0.2) is 0 Å². The summed E-state index contributed by atoms with van der Waals surface area (Å²) >= 11 is 0. The summed E-state index contributed by atoms with van der Waals surface area (Å²) < 4.78 is 1.99. The fourth-order valence-electron chi connectivity index (χ4n) is 2.24. The average molecular weight is 284 g/mol. The smallest absolute Gasteiger partial charge is 0.0963 e. The molecule has 112 valence electrons. The number of benzene rings is 1. The first kappa shape index (κ1) is 15.3. The van der Waals surface area contributed by atoms with E-state index in [0.29, 0.717) is 0 Å². The van der Waals surface area contributed by atoms with E-state index in [9.17, 15) is 0 Å². The predicted molar refractivity (Wildman–Crippen MR) is 87.2 cm³/mol. The fraction of sp³-hybridized carbons (Fsp3) is 0.412. The molecular weight excluding hydrogens is 260 g/mol. The molecule has 21 heavy (non-hydrogen) atoms. The second-order valence-electron chi connectivity index (χ2n) is 6.11. The van der Waals surface area contributed by atoms with Gasteiger partial charge in [0.25, 0.3) is 0 Å². The Balaban J connectivity index is 1.83. The highest BCUT2D eigenvalue weighted by molar-refractivity contribution is 5.82. The maximum Gasteiger partial charge on any atom is 0.0963 e. The Bertz CT molecular complexity index is 584. The predicted octanol–water partition coefficient (Wildman–Crippen LogP) is 3.68. The molecule has 4 heteroatoms. The lowest BCUT2D eigenvalue weighted by Crippen LogP contribution is -2.30. The molecule has 3 N–H and O–H groups in total. The van der Waals surface area contributed by atoms with Crippen LogP contribution >= 0.6 is 0 Å². The number of nitrogens with zero attached hydrogens (tertiary/aromatic N) is 2. The first-order valence-electron chi connectivity index (χ1n) is 7.41. The summed E-state index contributed by atoms with van der Waals surface area (Å²) in [6.07, 6.45) is 7.04. The highest BCUT2D eigenvalue weighted by atomic mass is 15.3. The molecule has 0 aliphatic heterocycles. The van der Waals surface area contributed by atoms with Crippen LogP contribution in [0, 0.1) is 10.8 Å². The molecule has 0 bridgehead atoms. The topological polar surface area (TPSA) is 67.7 Å². The summed E-state index contributed by atoms with van der Waals surface area (Å²) in [6, 6.07) is 10.3. The molecule has 4 nitrogen and oxygen atoms in total. The van der Waals surface area contributed by atoms with E-state index in [1.54, 1.807) is 0 Å². The van der Waals surface area contributed by atoms with E-state index in [0.717, 1.165) is 31.4 Å². The quantitative estimate of drug-likeness (QED) is 0.462. The third kappa shape index (κ3) is 4.18. The Morgan fingerprint density at radius 2 is 1.90 bits per heavy atom. The van der Waals surface area contributed by atoms with E-state index in [1.165, 1.54) is 5.56 Å². The molecule has 0 aliphatic carbocycles. The zero-order valence-electron chi connectivity index (χ0n) is 12.8. The van der Waals surface area contributed by atoms with Crippen LogP contribution in [0.2, 0.25) is 0 Å². The molecule has 0 saturated heterocycles. The Labute approximate surface area is 126 Å². The minimum Gasteiger partial charge on any atom is -0.387 e. The molecule has 2 rings (SSSR count). The molecule has 0 amide bonds. The van der Waals surface area contributed by atoms with Gasteiger partial charge in [-0.3, -0.25) is 10.1 Å². The zero-order chi connectivity index (χ0) is 15.3. The molecule has 0 unspecified atom stereocenters. The second kappa shape index (κ2) is 6.57. The maximum absolute atomic E-state index is 7.56. The monoisotopic (exact) mass is 284 g/mol. The van der Waals surface area contributed by atoms with Crippen molar-refractivity contribution in [2.45, 2.75) is 39.7 Å². The van der Waals surface area contributed by atoms with Crippen LogP contribution < -0.4 is 5.73 Å². The normalized spacial score (nSPS) is 11.5. The zero-order valence-corrected chi connectivity index (χ0v) is 12.8. The number of nitrogens with two attached hydrogens (primary N) is 1. The van der Waals surface area contributed by atoms with E-state index in [4.69, 9.17) is 11.1 Å². The standard InChI is InChI=1S/C17H24N4/c1-17(2,16(18)19)10-6-7-11-21-13-15(12-20-21)14-8-4-3-5-9-14/h3-5,8-9,12-13H,6-7,10-11H2,1-2H3,(H3,18,19). The number of aryl methyl sites for hydroxylation is 1. The minimum atomic E-state index is -0.195. The molecule has 0 atom stereocenters. The summed E-state index contributed by atoms with van der Waals surface area (Å²) in [4.78, 5) is 0. The summed E-state index contributed by atoms with van der Waals surface area (Å²) in [7, 11) is 0. The SMILES string of the molecule is CC(C)(CCCCn1cc(-c2ccccc2)cn1)C(=N)N. The first-order valence-corrected chi connectivity index (χ1v) is 7.41. The van der Waals surface area contributed by atoms with E-state index in [1.807, 2.05) is 42.9 Å². The van der Waals surface area contributed by atoms with Gasteiger partial charge in [0, 0.05) is 23.7 Å². The van der Waals surface area contributed by atoms with Crippen LogP contribution in [0.1, 0.15) is 33.1 Å². The number of hydrogen-bond acceptors (Lipinski definition) is 2. The lowest BCUT2D eigenvalue weighted by atomic mass is 9.86. The Morgan fingerprint density at radius 1 is 1.19 bits per heavy atom. The molecule has 1 aromatic heterocycles. The Kier molecular flexibility index (Phi) is 4.78. The van der Waals surface area contributed by atoms with Crippen LogP contribution in [0.15, 0.2) is 42.7 Å². The molecule has 0 spiro atoms. The van der Waals surface area contributed by atoms with Crippen molar-refractivity contribution in [2.24, 2.45) is 11.1 Å². The number of amidine groups is 1. The molecule has 1 heterocycles. The number of nitrogens with one attached hydrogen (secondary N) is 1. The largest absolute Gasteiger partial charge is 0.387 e. The van der Waals surface area contributed by atoms with Crippen LogP contribution in [0.25, 0.3) is 11.1 Å². The Morgan fingerprint density at radius 3 is 2.57 bits per heavy atom. The average Bonchev–Trinajstić information content (AvgIpc) is 2.93. The highest BCUT2D eigenvalue weighted by Crippen LogP contribution is 2.23. The van der Waals surface area contributed by atoms with E-state index in [-0.39, 0.29) is 11.3 Å². The molecule has 0 fully saturated rings. The van der Waals surface area contributed by atoms with Crippen molar-refractivity contribution in [1.82, 2.24) is 9.78 Å². The third-order valence-corrected chi connectivity index (χ3v) is 3.91. The molecule has 0 radical (unpaired) electrons. The van der Waals surface area contributed by atoms with Gasteiger partial charge in [0.05, 0.1) is 12.0 Å². The number of aromatic nitrogens is 2. The van der Waals surface area contributed by atoms with E-state index in [2.05, 4.69) is 23.4 Å². The summed E-state index contributed by atoms with van der Waals surface area (Å²) in [5.41, 5.74) is 7.75. The van der Waals surface area contributed by atoms with Gasteiger partial charge in [-0.05, 0) is 18.4 Å². The second-order valence-corrected chi connectivity index (χ2v) is 6.11. The van der Waals surface area contributed by atoms with Gasteiger partial charge in [0.2, 0.25) is 0 Å². The van der Waals surface area contributed by atoms with Gasteiger partial charge < -0.3 is 5.73 Å². The molecule has 1 aromatic carbocycles. The van der Waals surface area contributed by atoms with Crippen molar-refractivity contribution >= 4 is 5.84 Å². The van der Waals surface area contributed by atoms with Crippen molar-refractivity contribution < 1.29 is 0 Å². The van der Waals surface area contributed by atoms with Crippen LogP contribution in [-0.4, -0.2) is 15.6 Å². The number of rotatable bonds is 7. The van der Waals surface area contributed by atoms with E-state index < -0.39 is 0 Å². The van der Waals surface area contributed by atoms with Crippen molar-refractivity contribution in [3.8, 4) is 11.1 Å². The van der Waals surface area contributed by atoms with E-state index >= 15 is 0 Å². The number of unbranched alkanes of at least 4 members (excludes halogenated alkanes) is 1. The molecule has 2 aromatic rings. The van der Waals surface area contributed by atoms with Crippen molar-refractivity contribution in [1.29, 1.82) is 5.41 Å². The van der Waals surface area contributed by atoms with Crippen molar-refractivity contribution in [2.75, 3.05) is 0 Å². The lowest BCUT2D eigenvalue weighted by Gasteiger charge is -2.22. The van der Waals surface area contributed by atoms with Gasteiger partial charge in [-0.2, -0.15) is 5.10 Å². The Hall–Kier alpha value is -2.10. The van der Waals surface area contributed by atoms with Crippen LogP contribution in [0.4, 0.5) is 0 Å². The van der Waals surface area contributed by atoms with Crippen LogP contribution in [0.5, 0.6) is 0 Å². The first-order chi connectivity index (χ1) is 9.99.